The fourth-order valence-corrected chi connectivity index (χ4v) is 3.91. The maximum Gasteiger partial charge on any atom is 0.408 e. The van der Waals surface area contributed by atoms with E-state index in [2.05, 4.69) is 30.4 Å². The number of carbonyl (C=O) groups is 3. The van der Waals surface area contributed by atoms with Crippen LogP contribution in [0.15, 0.2) is 24.3 Å². The van der Waals surface area contributed by atoms with Gasteiger partial charge in [0.15, 0.2) is 0 Å². The molecule has 0 bridgehead atoms. The highest BCUT2D eigenvalue weighted by Crippen LogP contribution is 2.26. The van der Waals surface area contributed by atoms with E-state index in [9.17, 15) is 19.5 Å². The SMILES string of the molecule is C#Cc1ccccc1C(C(=O)NCCCCC)N(CCCCCC)C(=O)C(CO)NC(=O)OC(C)(C)C. The molecule has 37 heavy (non-hydrogen) atoms. The van der Waals surface area contributed by atoms with E-state index in [4.69, 9.17) is 11.2 Å². The van der Waals surface area contributed by atoms with E-state index in [-0.39, 0.29) is 12.5 Å². The third-order valence-corrected chi connectivity index (χ3v) is 5.76. The number of nitrogens with one attached hydrogen (secondary N) is 2. The number of benzene rings is 1. The molecule has 0 aliphatic carbocycles. The van der Waals surface area contributed by atoms with Crippen molar-refractivity contribution in [3.63, 3.8) is 0 Å². The Labute approximate surface area is 222 Å². The maximum absolute atomic E-state index is 13.8. The van der Waals surface area contributed by atoms with Crippen molar-refractivity contribution in [2.75, 3.05) is 19.7 Å². The van der Waals surface area contributed by atoms with Gasteiger partial charge in [-0.2, -0.15) is 0 Å². The van der Waals surface area contributed by atoms with Crippen molar-refractivity contribution in [2.45, 2.75) is 97.2 Å². The molecule has 0 heterocycles. The van der Waals surface area contributed by atoms with Crippen molar-refractivity contribution in [3.8, 4) is 12.3 Å². The molecule has 8 nitrogen and oxygen atoms in total. The number of terminal acetylenes is 1. The first-order valence-corrected chi connectivity index (χ1v) is 13.3. The summed E-state index contributed by atoms with van der Waals surface area (Å²) < 4.78 is 5.28. The van der Waals surface area contributed by atoms with Crippen LogP contribution < -0.4 is 10.6 Å². The zero-order chi connectivity index (χ0) is 27.8. The highest BCUT2D eigenvalue weighted by atomic mass is 16.6. The van der Waals surface area contributed by atoms with Gasteiger partial charge in [-0.15, -0.1) is 6.42 Å². The maximum atomic E-state index is 13.8. The van der Waals surface area contributed by atoms with E-state index in [0.29, 0.717) is 24.1 Å². The Morgan fingerprint density at radius 2 is 1.70 bits per heavy atom. The Morgan fingerprint density at radius 3 is 2.30 bits per heavy atom. The first kappa shape index (κ1) is 32.0. The normalized spacial score (nSPS) is 12.7. The largest absolute Gasteiger partial charge is 0.444 e. The highest BCUT2D eigenvalue weighted by molar-refractivity contribution is 5.92. The zero-order valence-corrected chi connectivity index (χ0v) is 23.1. The van der Waals surface area contributed by atoms with E-state index in [1.807, 2.05) is 0 Å². The molecule has 0 aromatic heterocycles. The lowest BCUT2D eigenvalue weighted by molar-refractivity contribution is -0.143. The molecule has 0 fully saturated rings. The molecule has 0 spiro atoms. The number of amides is 3. The van der Waals surface area contributed by atoms with Gasteiger partial charge in [0.1, 0.15) is 17.7 Å². The van der Waals surface area contributed by atoms with Crippen LogP contribution in [0.3, 0.4) is 0 Å². The fourth-order valence-electron chi connectivity index (χ4n) is 3.91. The summed E-state index contributed by atoms with van der Waals surface area (Å²) >= 11 is 0. The Morgan fingerprint density at radius 1 is 1.05 bits per heavy atom. The summed E-state index contributed by atoms with van der Waals surface area (Å²) in [5.74, 6) is 1.69. The van der Waals surface area contributed by atoms with Crippen molar-refractivity contribution in [2.24, 2.45) is 0 Å². The van der Waals surface area contributed by atoms with Gasteiger partial charge in [-0.05, 0) is 45.2 Å². The second-order valence-corrected chi connectivity index (χ2v) is 10.1. The molecule has 2 atom stereocenters. The Balaban J connectivity index is 3.41. The number of rotatable bonds is 15. The van der Waals surface area contributed by atoms with Gasteiger partial charge >= 0.3 is 6.09 Å². The molecule has 0 saturated heterocycles. The number of unbranched alkanes of at least 4 members (excludes halogenated alkanes) is 5. The van der Waals surface area contributed by atoms with Crippen molar-refractivity contribution in [3.05, 3.63) is 35.4 Å². The minimum atomic E-state index is -1.28. The Bertz CT molecular complexity index is 904. The molecular formula is C29H45N3O5. The minimum Gasteiger partial charge on any atom is -0.444 e. The molecule has 1 aromatic rings. The van der Waals surface area contributed by atoms with Crippen LogP contribution in [0.25, 0.3) is 0 Å². The number of nitrogens with zero attached hydrogens (tertiary/aromatic N) is 1. The number of ether oxygens (including phenoxy) is 1. The molecule has 2 unspecified atom stereocenters. The topological polar surface area (TPSA) is 108 Å². The monoisotopic (exact) mass is 515 g/mol. The predicted molar refractivity (Wildman–Crippen MR) is 146 cm³/mol. The highest BCUT2D eigenvalue weighted by Gasteiger charge is 2.36. The quantitative estimate of drug-likeness (QED) is 0.238. The second kappa shape index (κ2) is 16.6. The summed E-state index contributed by atoms with van der Waals surface area (Å²) in [7, 11) is 0. The van der Waals surface area contributed by atoms with Crippen LogP contribution in [0.5, 0.6) is 0 Å². The second-order valence-electron chi connectivity index (χ2n) is 10.1. The Kier molecular flexibility index (Phi) is 14.4. The van der Waals surface area contributed by atoms with Gasteiger partial charge in [0.25, 0.3) is 0 Å². The summed E-state index contributed by atoms with van der Waals surface area (Å²) in [6.45, 7) is 9.37. The summed E-state index contributed by atoms with van der Waals surface area (Å²) in [6.07, 6.45) is 11.2. The molecule has 0 saturated carbocycles. The molecule has 0 aliphatic heterocycles. The molecular weight excluding hydrogens is 470 g/mol. The summed E-state index contributed by atoms with van der Waals surface area (Å²) in [4.78, 5) is 41.2. The summed E-state index contributed by atoms with van der Waals surface area (Å²) in [6, 6.07) is 4.73. The van der Waals surface area contributed by atoms with Crippen LogP contribution in [0.1, 0.15) is 96.7 Å². The number of aliphatic hydroxyl groups is 1. The van der Waals surface area contributed by atoms with Crippen LogP contribution in [0.4, 0.5) is 4.79 Å². The first-order chi connectivity index (χ1) is 17.6. The molecule has 206 valence electrons. The van der Waals surface area contributed by atoms with E-state index in [1.165, 1.54) is 4.90 Å². The van der Waals surface area contributed by atoms with Crippen molar-refractivity contribution < 1.29 is 24.2 Å². The lowest BCUT2D eigenvalue weighted by Gasteiger charge is -2.34. The van der Waals surface area contributed by atoms with Gasteiger partial charge in [-0.25, -0.2) is 4.79 Å². The van der Waals surface area contributed by atoms with Crippen LogP contribution in [0, 0.1) is 12.3 Å². The predicted octanol–water partition coefficient (Wildman–Crippen LogP) is 4.31. The van der Waals surface area contributed by atoms with Crippen molar-refractivity contribution in [1.29, 1.82) is 0 Å². The summed E-state index contributed by atoms with van der Waals surface area (Å²) in [5, 5.41) is 15.5. The lowest BCUT2D eigenvalue weighted by atomic mass is 9.97. The lowest BCUT2D eigenvalue weighted by Crippen LogP contribution is -2.54. The molecule has 0 radical (unpaired) electrons. The van der Waals surface area contributed by atoms with Crippen molar-refractivity contribution >= 4 is 17.9 Å². The fraction of sp³-hybridized carbons (Fsp3) is 0.621. The molecule has 0 aliphatic rings. The molecule has 1 aromatic carbocycles. The van der Waals surface area contributed by atoms with Gasteiger partial charge in [-0.3, -0.25) is 9.59 Å². The van der Waals surface area contributed by atoms with E-state index < -0.39 is 36.3 Å². The average Bonchev–Trinajstić information content (AvgIpc) is 2.85. The average molecular weight is 516 g/mol. The van der Waals surface area contributed by atoms with Gasteiger partial charge in [0.05, 0.1) is 6.61 Å². The molecule has 1 rings (SSSR count). The number of hydrogen-bond acceptors (Lipinski definition) is 5. The van der Waals surface area contributed by atoms with Gasteiger partial charge in [0.2, 0.25) is 11.8 Å². The third-order valence-electron chi connectivity index (χ3n) is 5.76. The smallest absolute Gasteiger partial charge is 0.408 e. The van der Waals surface area contributed by atoms with Gasteiger partial charge in [0, 0.05) is 18.7 Å². The van der Waals surface area contributed by atoms with E-state index in [1.54, 1.807) is 45.0 Å². The van der Waals surface area contributed by atoms with E-state index >= 15 is 0 Å². The molecule has 8 heteroatoms. The van der Waals surface area contributed by atoms with Crippen LogP contribution in [-0.4, -0.2) is 59.3 Å². The van der Waals surface area contributed by atoms with E-state index in [0.717, 1.165) is 38.5 Å². The third kappa shape index (κ3) is 11.3. The zero-order valence-electron chi connectivity index (χ0n) is 23.1. The van der Waals surface area contributed by atoms with Gasteiger partial charge < -0.3 is 25.4 Å². The molecule has 3 N–H and O–H groups in total. The first-order valence-electron chi connectivity index (χ1n) is 13.3. The van der Waals surface area contributed by atoms with Crippen LogP contribution in [0.2, 0.25) is 0 Å². The molecule has 3 amide bonds. The number of aliphatic hydroxyl groups excluding tert-OH is 1. The van der Waals surface area contributed by atoms with Crippen LogP contribution >= 0.6 is 0 Å². The number of alkyl carbamates (subject to hydrolysis) is 1. The van der Waals surface area contributed by atoms with Crippen molar-refractivity contribution in [1.82, 2.24) is 15.5 Å². The van der Waals surface area contributed by atoms with Gasteiger partial charge in [-0.1, -0.05) is 70.1 Å². The number of hydrogen-bond donors (Lipinski definition) is 3. The number of carbonyl (C=O) groups excluding carboxylic acids is 3. The van der Waals surface area contributed by atoms with Crippen LogP contribution in [-0.2, 0) is 14.3 Å². The Hall–Kier alpha value is -3.05. The standard InChI is InChI=1S/C29H45N3O5/c1-7-10-12-16-20-32(27(35)24(21-33)31-28(36)37-29(4,5)6)25(26(34)30-19-15-11-8-2)23-18-14-13-17-22(23)9-3/h3,13-14,17-18,24-25,33H,7-8,10-12,15-16,19-21H2,1-2,4-6H3,(H,30,34)(H,31,36). The summed E-state index contributed by atoms with van der Waals surface area (Å²) in [5.41, 5.74) is 0.249. The minimum absolute atomic E-state index is 0.261.